The molecule has 1 atom stereocenters. The summed E-state index contributed by atoms with van der Waals surface area (Å²) >= 11 is 0. The summed E-state index contributed by atoms with van der Waals surface area (Å²) in [6, 6.07) is 8.58. The minimum atomic E-state index is -4.43. The number of rotatable bonds is 11. The average molecular weight is 508 g/mol. The first-order valence-electron chi connectivity index (χ1n) is 11.6. The van der Waals surface area contributed by atoms with E-state index in [9.17, 15) is 22.4 Å². The zero-order valence-corrected chi connectivity index (χ0v) is 20.1. The summed E-state index contributed by atoms with van der Waals surface area (Å²) in [7, 11) is 0. The van der Waals surface area contributed by atoms with Crippen LogP contribution in [0.25, 0.3) is 11.4 Å². The molecule has 0 unspecified atom stereocenters. The van der Waals surface area contributed by atoms with E-state index < -0.39 is 17.6 Å². The van der Waals surface area contributed by atoms with Crippen molar-refractivity contribution in [3.63, 3.8) is 0 Å². The van der Waals surface area contributed by atoms with E-state index in [1.807, 2.05) is 6.92 Å². The van der Waals surface area contributed by atoms with Crippen LogP contribution in [0.5, 0.6) is 5.75 Å². The van der Waals surface area contributed by atoms with Crippen LogP contribution in [0.2, 0.25) is 0 Å². The lowest BCUT2D eigenvalue weighted by Crippen LogP contribution is -2.25. The second-order valence-corrected chi connectivity index (χ2v) is 8.40. The van der Waals surface area contributed by atoms with E-state index >= 15 is 0 Å². The number of benzene rings is 2. The highest BCUT2D eigenvalue weighted by Gasteiger charge is 2.30. The average Bonchev–Trinajstić information content (AvgIpc) is 3.17. The fraction of sp³-hybridized carbons (Fsp3) is 0.385. The van der Waals surface area contributed by atoms with Crippen molar-refractivity contribution in [1.82, 2.24) is 9.55 Å². The Kier molecular flexibility index (Phi) is 9.08. The fourth-order valence-corrected chi connectivity index (χ4v) is 3.75. The molecule has 3 rings (SSSR count). The lowest BCUT2D eigenvalue weighted by Gasteiger charge is -2.16. The van der Waals surface area contributed by atoms with Crippen molar-refractivity contribution in [2.24, 2.45) is 5.73 Å². The largest absolute Gasteiger partial charge is 0.493 e. The SMILES string of the molecule is CCOC(=O)C[C@H](N)CCCOc1ccc(F)cc1Cn1c(C)cnc1-c1ccc(C(F)(F)F)cc1. The van der Waals surface area contributed by atoms with Gasteiger partial charge in [0.25, 0.3) is 0 Å². The number of carbonyl (C=O) groups excluding carboxylic acids is 1. The highest BCUT2D eigenvalue weighted by atomic mass is 19.4. The van der Waals surface area contributed by atoms with Gasteiger partial charge in [-0.3, -0.25) is 4.79 Å². The van der Waals surface area contributed by atoms with Crippen LogP contribution >= 0.6 is 0 Å². The lowest BCUT2D eigenvalue weighted by molar-refractivity contribution is -0.143. The number of aromatic nitrogens is 2. The minimum absolute atomic E-state index is 0.127. The molecule has 0 spiro atoms. The molecule has 0 aliphatic carbocycles. The zero-order chi connectivity index (χ0) is 26.3. The number of imidazole rings is 1. The van der Waals surface area contributed by atoms with Gasteiger partial charge in [-0.2, -0.15) is 13.2 Å². The third kappa shape index (κ3) is 7.30. The molecule has 0 saturated carbocycles. The molecule has 0 aliphatic heterocycles. The molecule has 1 heterocycles. The van der Waals surface area contributed by atoms with E-state index in [4.69, 9.17) is 15.2 Å². The monoisotopic (exact) mass is 507 g/mol. The molecule has 0 saturated heterocycles. The van der Waals surface area contributed by atoms with Crippen molar-refractivity contribution in [2.45, 2.75) is 51.9 Å². The Hall–Kier alpha value is -3.40. The van der Waals surface area contributed by atoms with Crippen LogP contribution in [0, 0.1) is 12.7 Å². The Bertz CT molecular complexity index is 1160. The molecule has 36 heavy (non-hydrogen) atoms. The summed E-state index contributed by atoms with van der Waals surface area (Å²) in [6.45, 7) is 4.36. The van der Waals surface area contributed by atoms with Gasteiger partial charge >= 0.3 is 12.1 Å². The number of hydrogen-bond donors (Lipinski definition) is 1. The summed E-state index contributed by atoms with van der Waals surface area (Å²) in [5.41, 5.74) is 7.04. The second kappa shape index (κ2) is 12.0. The first kappa shape index (κ1) is 27.2. The maximum absolute atomic E-state index is 14.1. The molecule has 6 nitrogen and oxygen atoms in total. The van der Waals surface area contributed by atoms with Gasteiger partial charge in [0, 0.05) is 29.1 Å². The second-order valence-electron chi connectivity index (χ2n) is 8.40. The van der Waals surface area contributed by atoms with E-state index in [0.717, 1.165) is 17.8 Å². The number of alkyl halides is 3. The van der Waals surface area contributed by atoms with Gasteiger partial charge in [0.15, 0.2) is 0 Å². The molecule has 0 amide bonds. The van der Waals surface area contributed by atoms with Crippen molar-refractivity contribution in [2.75, 3.05) is 13.2 Å². The third-order valence-electron chi connectivity index (χ3n) is 5.59. The van der Waals surface area contributed by atoms with Crippen LogP contribution in [0.3, 0.4) is 0 Å². The number of ether oxygens (including phenoxy) is 2. The summed E-state index contributed by atoms with van der Waals surface area (Å²) in [4.78, 5) is 15.9. The molecule has 0 fully saturated rings. The topological polar surface area (TPSA) is 79.4 Å². The molecule has 194 valence electrons. The number of aryl methyl sites for hydroxylation is 1. The van der Waals surface area contributed by atoms with E-state index in [2.05, 4.69) is 4.98 Å². The summed E-state index contributed by atoms with van der Waals surface area (Å²) < 4.78 is 65.5. The molecular weight excluding hydrogens is 478 g/mol. The number of nitrogens with zero attached hydrogens (tertiary/aromatic N) is 2. The van der Waals surface area contributed by atoms with Crippen molar-refractivity contribution in [3.05, 3.63) is 71.3 Å². The van der Waals surface area contributed by atoms with E-state index in [1.165, 1.54) is 30.3 Å². The Balaban J connectivity index is 1.70. The van der Waals surface area contributed by atoms with Gasteiger partial charge in [0.05, 0.1) is 31.7 Å². The predicted molar refractivity (Wildman–Crippen MR) is 127 cm³/mol. The van der Waals surface area contributed by atoms with Crippen LogP contribution in [-0.2, 0) is 22.3 Å². The molecule has 3 aromatic rings. The van der Waals surface area contributed by atoms with Gasteiger partial charge in [-0.25, -0.2) is 9.37 Å². The summed E-state index contributed by atoms with van der Waals surface area (Å²) in [6.07, 6.45) is -1.56. The van der Waals surface area contributed by atoms with E-state index in [1.54, 1.807) is 17.7 Å². The van der Waals surface area contributed by atoms with Crippen LogP contribution in [-0.4, -0.2) is 34.8 Å². The molecule has 0 aliphatic rings. The Morgan fingerprint density at radius 3 is 2.56 bits per heavy atom. The van der Waals surface area contributed by atoms with E-state index in [-0.39, 0.29) is 25.0 Å². The molecule has 2 aromatic carbocycles. The van der Waals surface area contributed by atoms with Crippen molar-refractivity contribution in [3.8, 4) is 17.1 Å². The lowest BCUT2D eigenvalue weighted by atomic mass is 10.1. The maximum Gasteiger partial charge on any atom is 0.416 e. The van der Waals surface area contributed by atoms with Crippen LogP contribution in [0.4, 0.5) is 17.6 Å². The molecule has 0 radical (unpaired) electrons. The Morgan fingerprint density at radius 1 is 1.17 bits per heavy atom. The van der Waals surface area contributed by atoms with E-state index in [0.29, 0.717) is 48.8 Å². The quantitative estimate of drug-likeness (QED) is 0.211. The number of halogens is 4. The first-order valence-corrected chi connectivity index (χ1v) is 11.6. The van der Waals surface area contributed by atoms with Gasteiger partial charge in [0.1, 0.15) is 17.4 Å². The van der Waals surface area contributed by atoms with Crippen LogP contribution < -0.4 is 10.5 Å². The zero-order valence-electron chi connectivity index (χ0n) is 20.1. The van der Waals surface area contributed by atoms with Gasteiger partial charge in [-0.05, 0) is 57.0 Å². The third-order valence-corrected chi connectivity index (χ3v) is 5.59. The molecule has 0 bridgehead atoms. The van der Waals surface area contributed by atoms with Gasteiger partial charge < -0.3 is 19.8 Å². The summed E-state index contributed by atoms with van der Waals surface area (Å²) in [5.74, 6) is 0.150. The fourth-order valence-electron chi connectivity index (χ4n) is 3.75. The van der Waals surface area contributed by atoms with Crippen molar-refractivity contribution >= 4 is 5.97 Å². The summed E-state index contributed by atoms with van der Waals surface area (Å²) in [5, 5.41) is 0. The van der Waals surface area contributed by atoms with Crippen LogP contribution in [0.1, 0.15) is 43.0 Å². The first-order chi connectivity index (χ1) is 17.1. The minimum Gasteiger partial charge on any atom is -0.493 e. The molecule has 1 aromatic heterocycles. The standard InChI is InChI=1S/C26H29F4N3O3/c1-3-35-24(34)14-22(31)5-4-12-36-23-11-10-21(27)13-19(23)16-33-17(2)15-32-25(33)18-6-8-20(9-7-18)26(28,29)30/h6-11,13,15,22H,3-5,12,14,16,31H2,1-2H3/t22-/m1/s1. The highest BCUT2D eigenvalue weighted by Crippen LogP contribution is 2.31. The highest BCUT2D eigenvalue weighted by molar-refractivity contribution is 5.70. The molecular formula is C26H29F4N3O3. The number of esters is 1. The van der Waals surface area contributed by atoms with Crippen LogP contribution in [0.15, 0.2) is 48.7 Å². The van der Waals surface area contributed by atoms with Gasteiger partial charge in [-0.15, -0.1) is 0 Å². The molecule has 10 heteroatoms. The van der Waals surface area contributed by atoms with Gasteiger partial charge in [-0.1, -0.05) is 12.1 Å². The maximum atomic E-state index is 14.1. The number of nitrogens with two attached hydrogens (primary N) is 1. The van der Waals surface area contributed by atoms with Gasteiger partial charge in [0.2, 0.25) is 0 Å². The predicted octanol–water partition coefficient (Wildman–Crippen LogP) is 5.50. The van der Waals surface area contributed by atoms with Crippen molar-refractivity contribution < 1.29 is 31.8 Å². The molecule has 2 N–H and O–H groups in total. The number of carbonyl (C=O) groups is 1. The van der Waals surface area contributed by atoms with Crippen molar-refractivity contribution in [1.29, 1.82) is 0 Å². The normalized spacial score (nSPS) is 12.4. The number of hydrogen-bond acceptors (Lipinski definition) is 5. The Labute approximate surface area is 207 Å². The Morgan fingerprint density at radius 2 is 1.89 bits per heavy atom. The smallest absolute Gasteiger partial charge is 0.416 e.